The van der Waals surface area contributed by atoms with Gasteiger partial charge >= 0.3 is 11.9 Å². The molecule has 16 heteroatoms. The van der Waals surface area contributed by atoms with Crippen LogP contribution in [-0.2, 0) is 30.5 Å². The molecule has 2 heterocycles. The highest BCUT2D eigenvalue weighted by molar-refractivity contribution is 5.96. The minimum absolute atomic E-state index is 0.233. The summed E-state index contributed by atoms with van der Waals surface area (Å²) in [5.74, 6) is 6.07. The highest BCUT2D eigenvalue weighted by Crippen LogP contribution is 2.33. The third kappa shape index (κ3) is 15.5. The topological polar surface area (TPSA) is 223 Å². The molecule has 4 aromatic carbocycles. The molecule has 0 bridgehead atoms. The molecule has 0 aromatic heterocycles. The lowest BCUT2D eigenvalue weighted by atomic mass is 9.85. The van der Waals surface area contributed by atoms with E-state index in [-0.39, 0.29) is 41.6 Å². The standard InChI is InChI=1S/C28H37N3O5.C27H36N4O4/c1-18(24(28(33)36-5)15-20-7-6-14-31(17-20)19(2)29)30-27(32)22-10-8-21(9-11-22)23-12-13-25(34-3)26(16-23)35-4;1-18(25(27(33)34-3)15-20-7-5-13-31(16-20)19(2)28)30-26(32)23-11-9-22(10-12-23)24-8-4-6-21(14-24)17-35-29/h8-13,16,18,20,24H,2,6-7,14-15,17,29H2,1,3-5H3,(H,30,32);4,6,8-12,14,18,20,25H,2,5,7,13,15-17,28-29H2,1,3H3,(H,30,32)/t18-,20?,24-;18-,20?,25-/m11/s1. The molecule has 0 spiro atoms. The summed E-state index contributed by atoms with van der Waals surface area (Å²) in [6.45, 7) is 15.0. The first-order valence-corrected chi connectivity index (χ1v) is 24.1. The van der Waals surface area contributed by atoms with E-state index in [2.05, 4.69) is 23.8 Å². The van der Waals surface area contributed by atoms with Crippen LogP contribution in [0.15, 0.2) is 116 Å². The number of amides is 2. The number of carbonyl (C=O) groups is 4. The van der Waals surface area contributed by atoms with Gasteiger partial charge in [-0.3, -0.25) is 24.0 Å². The number of benzene rings is 4. The van der Waals surface area contributed by atoms with E-state index in [0.29, 0.717) is 53.7 Å². The average molecular weight is 976 g/mol. The second-order valence-electron chi connectivity index (χ2n) is 18.4. The highest BCUT2D eigenvalue weighted by Gasteiger charge is 2.34. The van der Waals surface area contributed by atoms with Gasteiger partial charge in [0.05, 0.1) is 58.5 Å². The summed E-state index contributed by atoms with van der Waals surface area (Å²) in [5, 5.41) is 5.99. The summed E-state index contributed by atoms with van der Waals surface area (Å²) < 4.78 is 20.8. The number of hydrogen-bond acceptors (Lipinski definition) is 14. The first kappa shape index (κ1) is 54.9. The molecule has 6 rings (SSSR count). The van der Waals surface area contributed by atoms with Gasteiger partial charge in [-0.15, -0.1) is 0 Å². The van der Waals surface area contributed by atoms with Gasteiger partial charge in [0.15, 0.2) is 11.5 Å². The Morgan fingerprint density at radius 2 is 1.06 bits per heavy atom. The third-order valence-electron chi connectivity index (χ3n) is 13.5. The van der Waals surface area contributed by atoms with Gasteiger partial charge in [-0.1, -0.05) is 61.7 Å². The molecule has 0 saturated carbocycles. The van der Waals surface area contributed by atoms with Crippen LogP contribution in [-0.4, -0.2) is 100 Å². The summed E-state index contributed by atoms with van der Waals surface area (Å²) in [6.07, 6.45) is 5.19. The molecule has 0 radical (unpaired) electrons. The Balaban J connectivity index is 0.000000264. The molecule has 382 valence electrons. The van der Waals surface area contributed by atoms with E-state index in [9.17, 15) is 19.2 Å². The minimum Gasteiger partial charge on any atom is -0.493 e. The first-order chi connectivity index (χ1) is 34.1. The van der Waals surface area contributed by atoms with Crippen LogP contribution in [0.1, 0.15) is 78.7 Å². The zero-order valence-electron chi connectivity index (χ0n) is 42.1. The molecule has 2 aliphatic rings. The maximum Gasteiger partial charge on any atom is 0.310 e. The number of methoxy groups -OCH3 is 4. The Kier molecular flexibility index (Phi) is 20.7. The molecular formula is C55H73N7O9. The van der Waals surface area contributed by atoms with E-state index < -0.39 is 17.9 Å². The lowest BCUT2D eigenvalue weighted by Crippen LogP contribution is -2.44. The van der Waals surface area contributed by atoms with Gasteiger partial charge < -0.3 is 50.8 Å². The van der Waals surface area contributed by atoms with Gasteiger partial charge in [0.1, 0.15) is 0 Å². The Labute approximate surface area is 418 Å². The Morgan fingerprint density at radius 3 is 1.46 bits per heavy atom. The van der Waals surface area contributed by atoms with E-state index >= 15 is 0 Å². The van der Waals surface area contributed by atoms with Crippen molar-refractivity contribution in [3.05, 3.63) is 132 Å². The molecular weight excluding hydrogens is 903 g/mol. The maximum atomic E-state index is 13.0. The van der Waals surface area contributed by atoms with Crippen LogP contribution >= 0.6 is 0 Å². The van der Waals surface area contributed by atoms with Crippen LogP contribution in [0, 0.1) is 23.7 Å². The predicted molar refractivity (Wildman–Crippen MR) is 275 cm³/mol. The monoisotopic (exact) mass is 976 g/mol. The fourth-order valence-electron chi connectivity index (χ4n) is 9.43. The van der Waals surface area contributed by atoms with E-state index in [1.807, 2.05) is 90.4 Å². The molecule has 6 atom stereocenters. The number of nitrogens with two attached hydrogens (primary N) is 3. The van der Waals surface area contributed by atoms with Gasteiger partial charge in [-0.25, -0.2) is 5.90 Å². The summed E-state index contributed by atoms with van der Waals surface area (Å²) in [6, 6.07) is 27.4. The number of likely N-dealkylation sites (tertiary alicyclic amines) is 2. The summed E-state index contributed by atoms with van der Waals surface area (Å²) in [7, 11) is 5.95. The zero-order chi connectivity index (χ0) is 51.6. The number of ether oxygens (including phenoxy) is 4. The molecule has 8 N–H and O–H groups in total. The normalized spacial score (nSPS) is 17.2. The van der Waals surface area contributed by atoms with E-state index in [1.165, 1.54) is 14.2 Å². The zero-order valence-corrected chi connectivity index (χ0v) is 42.1. The van der Waals surface area contributed by atoms with Gasteiger partial charge in [-0.2, -0.15) is 0 Å². The van der Waals surface area contributed by atoms with Crippen molar-refractivity contribution in [3.63, 3.8) is 0 Å². The lowest BCUT2D eigenvalue weighted by molar-refractivity contribution is -0.148. The van der Waals surface area contributed by atoms with Crippen molar-refractivity contribution < 1.29 is 43.0 Å². The van der Waals surface area contributed by atoms with Crippen molar-refractivity contribution >= 4 is 23.8 Å². The van der Waals surface area contributed by atoms with Crippen molar-refractivity contribution in [3.8, 4) is 33.8 Å². The second kappa shape index (κ2) is 26.8. The van der Waals surface area contributed by atoms with Crippen LogP contribution in [0.25, 0.3) is 22.3 Å². The third-order valence-corrected chi connectivity index (χ3v) is 13.5. The van der Waals surface area contributed by atoms with Gasteiger partial charge in [0, 0.05) is 49.4 Å². The molecule has 2 fully saturated rings. The van der Waals surface area contributed by atoms with Crippen LogP contribution in [0.4, 0.5) is 0 Å². The second-order valence-corrected chi connectivity index (χ2v) is 18.4. The first-order valence-electron chi connectivity index (χ1n) is 24.1. The fraction of sp³-hybridized carbons (Fsp3) is 0.418. The molecule has 0 aliphatic carbocycles. The SMILES string of the molecule is C=C(N)N1CCCC(C[C@@H](C(=O)OC)[C@@H](C)NC(=O)c2ccc(-c3ccc(OC)c(OC)c3)cc2)C1.C=C(N)N1CCCC(C[C@@H](C(=O)OC)[C@@H](C)NC(=O)c2ccc(-c3cccc(CON)c3)cc2)C1. The van der Waals surface area contributed by atoms with Crippen LogP contribution in [0.2, 0.25) is 0 Å². The van der Waals surface area contributed by atoms with E-state index in [0.717, 1.165) is 79.7 Å². The molecule has 2 aliphatic heterocycles. The maximum absolute atomic E-state index is 13.0. The number of hydrogen-bond donors (Lipinski definition) is 5. The largest absolute Gasteiger partial charge is 0.493 e. The number of carbonyl (C=O) groups excluding carboxylic acids is 4. The van der Waals surface area contributed by atoms with Crippen molar-refractivity contribution in [2.75, 3.05) is 54.6 Å². The van der Waals surface area contributed by atoms with Crippen LogP contribution < -0.4 is 37.5 Å². The van der Waals surface area contributed by atoms with E-state index in [1.54, 1.807) is 38.5 Å². The molecule has 2 unspecified atom stereocenters. The van der Waals surface area contributed by atoms with Gasteiger partial charge in [0.2, 0.25) is 0 Å². The summed E-state index contributed by atoms with van der Waals surface area (Å²) in [5.41, 5.74) is 17.6. The van der Waals surface area contributed by atoms with Crippen molar-refractivity contribution in [1.82, 2.24) is 20.4 Å². The highest BCUT2D eigenvalue weighted by atomic mass is 16.6. The molecule has 2 amide bonds. The number of nitrogens with one attached hydrogen (secondary N) is 2. The van der Waals surface area contributed by atoms with Gasteiger partial charge in [0.25, 0.3) is 11.8 Å². The molecule has 16 nitrogen and oxygen atoms in total. The van der Waals surface area contributed by atoms with Crippen molar-refractivity contribution in [2.24, 2.45) is 41.0 Å². The number of piperidine rings is 2. The molecule has 2 saturated heterocycles. The Hall–Kier alpha value is -7.04. The predicted octanol–water partition coefficient (Wildman–Crippen LogP) is 6.99. The van der Waals surface area contributed by atoms with E-state index in [4.69, 9.17) is 41.1 Å². The Bertz CT molecular complexity index is 2430. The van der Waals surface area contributed by atoms with Crippen LogP contribution in [0.3, 0.4) is 0 Å². The summed E-state index contributed by atoms with van der Waals surface area (Å²) >= 11 is 0. The molecule has 4 aromatic rings. The number of esters is 2. The Morgan fingerprint density at radius 1 is 0.620 bits per heavy atom. The quantitative estimate of drug-likeness (QED) is 0.0445. The van der Waals surface area contributed by atoms with Crippen molar-refractivity contribution in [2.45, 2.75) is 71.1 Å². The lowest BCUT2D eigenvalue weighted by Gasteiger charge is -2.36. The van der Waals surface area contributed by atoms with Crippen LogP contribution in [0.5, 0.6) is 11.5 Å². The average Bonchev–Trinajstić information content (AvgIpc) is 3.39. The number of nitrogens with zero attached hydrogens (tertiary/aromatic N) is 2. The minimum atomic E-state index is -0.457. The fourth-order valence-corrected chi connectivity index (χ4v) is 9.43. The molecule has 71 heavy (non-hydrogen) atoms. The number of rotatable bonds is 20. The van der Waals surface area contributed by atoms with Gasteiger partial charge in [-0.05, 0) is 134 Å². The van der Waals surface area contributed by atoms with Crippen molar-refractivity contribution in [1.29, 1.82) is 0 Å². The smallest absolute Gasteiger partial charge is 0.310 e. The summed E-state index contributed by atoms with van der Waals surface area (Å²) in [4.78, 5) is 60.0.